The summed E-state index contributed by atoms with van der Waals surface area (Å²) in [5.41, 5.74) is -0.450. The second-order valence-electron chi connectivity index (χ2n) is 4.07. The van der Waals surface area contributed by atoms with Gasteiger partial charge in [0.05, 0.1) is 12.7 Å². The number of ether oxygens (including phenoxy) is 1. The molecular weight excluding hydrogens is 337 g/mol. The molecule has 106 valence electrons. The Kier molecular flexibility index (Phi) is 4.35. The van der Waals surface area contributed by atoms with Gasteiger partial charge >= 0.3 is 0 Å². The third-order valence-electron chi connectivity index (χ3n) is 2.80. The first-order valence-electron chi connectivity index (χ1n) is 5.60. The van der Waals surface area contributed by atoms with Crippen molar-refractivity contribution in [1.82, 2.24) is 0 Å². The van der Waals surface area contributed by atoms with E-state index in [1.54, 1.807) is 12.1 Å². The average Bonchev–Trinajstić information content (AvgIpc) is 2.37. The summed E-state index contributed by atoms with van der Waals surface area (Å²) in [6, 6.07) is 5.72. The Morgan fingerprint density at radius 3 is 2.25 bits per heavy atom. The van der Waals surface area contributed by atoms with E-state index in [1.807, 2.05) is 0 Å². The molecule has 0 saturated carbocycles. The minimum absolute atomic E-state index is 0.172. The zero-order chi connectivity index (χ0) is 14.9. The number of benzene rings is 2. The van der Waals surface area contributed by atoms with E-state index in [2.05, 4.69) is 15.9 Å². The Bertz CT molecular complexity index is 623. The van der Waals surface area contributed by atoms with E-state index in [4.69, 9.17) is 4.74 Å². The fourth-order valence-electron chi connectivity index (χ4n) is 1.89. The van der Waals surface area contributed by atoms with Crippen LogP contribution in [0.1, 0.15) is 17.2 Å². The second-order valence-corrected chi connectivity index (χ2v) is 4.99. The Morgan fingerprint density at radius 1 is 1.10 bits per heavy atom. The molecular formula is C14H10BrF3O2. The predicted octanol–water partition coefficient (Wildman–Crippen LogP) is 3.96. The summed E-state index contributed by atoms with van der Waals surface area (Å²) in [6.07, 6.45) is -1.61. The molecule has 0 bridgehead atoms. The van der Waals surface area contributed by atoms with Crippen LogP contribution < -0.4 is 4.74 Å². The fraction of sp³-hybridized carbons (Fsp3) is 0.143. The molecule has 20 heavy (non-hydrogen) atoms. The van der Waals surface area contributed by atoms with E-state index >= 15 is 0 Å². The quantitative estimate of drug-likeness (QED) is 0.911. The van der Waals surface area contributed by atoms with Gasteiger partial charge in [-0.1, -0.05) is 15.9 Å². The minimum Gasteiger partial charge on any atom is -0.496 e. The summed E-state index contributed by atoms with van der Waals surface area (Å²) in [7, 11) is 1.37. The maximum absolute atomic E-state index is 13.7. The summed E-state index contributed by atoms with van der Waals surface area (Å²) in [5.74, 6) is -3.09. The third kappa shape index (κ3) is 2.81. The first-order chi connectivity index (χ1) is 9.43. The lowest BCUT2D eigenvalue weighted by Gasteiger charge is -2.17. The largest absolute Gasteiger partial charge is 0.496 e. The first kappa shape index (κ1) is 14.9. The Labute approximate surface area is 121 Å². The van der Waals surface area contributed by atoms with Gasteiger partial charge < -0.3 is 9.84 Å². The number of hydrogen-bond acceptors (Lipinski definition) is 2. The van der Waals surface area contributed by atoms with Crippen LogP contribution in [0.15, 0.2) is 34.8 Å². The highest BCUT2D eigenvalue weighted by Gasteiger charge is 2.23. The molecule has 0 aliphatic rings. The molecule has 0 aromatic heterocycles. The smallest absolute Gasteiger partial charge is 0.135 e. The van der Waals surface area contributed by atoms with Crippen molar-refractivity contribution in [3.05, 3.63) is 63.4 Å². The van der Waals surface area contributed by atoms with Crippen molar-refractivity contribution in [2.24, 2.45) is 0 Å². The maximum Gasteiger partial charge on any atom is 0.135 e. The third-order valence-corrected chi connectivity index (χ3v) is 3.30. The van der Waals surface area contributed by atoms with E-state index in [9.17, 15) is 18.3 Å². The molecule has 0 heterocycles. The zero-order valence-electron chi connectivity index (χ0n) is 10.3. The molecule has 2 nitrogen and oxygen atoms in total. The minimum atomic E-state index is -1.61. The Balaban J connectivity index is 2.57. The SMILES string of the molecule is COc1ccc(Br)cc1C(O)c1c(F)cc(F)cc1F. The van der Waals surface area contributed by atoms with Crippen LogP contribution >= 0.6 is 15.9 Å². The molecule has 0 amide bonds. The number of aliphatic hydroxyl groups excluding tert-OH is 1. The van der Waals surface area contributed by atoms with Gasteiger partial charge in [0.25, 0.3) is 0 Å². The molecule has 6 heteroatoms. The van der Waals surface area contributed by atoms with Crippen LogP contribution in [0.2, 0.25) is 0 Å². The van der Waals surface area contributed by atoms with E-state index in [0.717, 1.165) is 0 Å². The molecule has 2 aromatic carbocycles. The van der Waals surface area contributed by atoms with Crippen LogP contribution in [0.3, 0.4) is 0 Å². The summed E-state index contributed by atoms with van der Waals surface area (Å²) >= 11 is 3.20. The van der Waals surface area contributed by atoms with Crippen LogP contribution in [-0.4, -0.2) is 12.2 Å². The normalized spacial score (nSPS) is 12.3. The van der Waals surface area contributed by atoms with Crippen molar-refractivity contribution in [3.8, 4) is 5.75 Å². The Morgan fingerprint density at radius 2 is 1.70 bits per heavy atom. The lowest BCUT2D eigenvalue weighted by atomic mass is 9.99. The maximum atomic E-state index is 13.7. The lowest BCUT2D eigenvalue weighted by Crippen LogP contribution is -2.08. The molecule has 1 atom stereocenters. The molecule has 0 radical (unpaired) electrons. The van der Waals surface area contributed by atoms with Crippen molar-refractivity contribution < 1.29 is 23.0 Å². The summed E-state index contributed by atoms with van der Waals surface area (Å²) in [6.45, 7) is 0. The van der Waals surface area contributed by atoms with Gasteiger partial charge in [-0.15, -0.1) is 0 Å². The topological polar surface area (TPSA) is 29.5 Å². The summed E-state index contributed by atoms with van der Waals surface area (Å²) in [5, 5.41) is 10.2. The molecule has 2 aromatic rings. The van der Waals surface area contributed by atoms with Gasteiger partial charge in [-0.2, -0.15) is 0 Å². The van der Waals surface area contributed by atoms with Crippen molar-refractivity contribution in [3.63, 3.8) is 0 Å². The highest BCUT2D eigenvalue weighted by Crippen LogP contribution is 2.34. The fourth-order valence-corrected chi connectivity index (χ4v) is 2.27. The van der Waals surface area contributed by atoms with E-state index in [1.165, 1.54) is 13.2 Å². The van der Waals surface area contributed by atoms with Gasteiger partial charge in [0.15, 0.2) is 0 Å². The predicted molar refractivity (Wildman–Crippen MR) is 71.1 cm³/mol. The van der Waals surface area contributed by atoms with Crippen molar-refractivity contribution in [1.29, 1.82) is 0 Å². The number of hydrogen-bond donors (Lipinski definition) is 1. The van der Waals surface area contributed by atoms with Gasteiger partial charge in [0.1, 0.15) is 29.3 Å². The van der Waals surface area contributed by atoms with Crippen LogP contribution in [0.25, 0.3) is 0 Å². The van der Waals surface area contributed by atoms with Crippen LogP contribution in [0.4, 0.5) is 13.2 Å². The Hall–Kier alpha value is -1.53. The monoisotopic (exact) mass is 346 g/mol. The van der Waals surface area contributed by atoms with Crippen molar-refractivity contribution in [2.75, 3.05) is 7.11 Å². The van der Waals surface area contributed by atoms with E-state index in [0.29, 0.717) is 16.6 Å². The van der Waals surface area contributed by atoms with Gasteiger partial charge in [0, 0.05) is 22.2 Å². The average molecular weight is 347 g/mol. The van der Waals surface area contributed by atoms with Gasteiger partial charge in [-0.25, -0.2) is 13.2 Å². The molecule has 0 aliphatic carbocycles. The molecule has 0 saturated heterocycles. The first-order valence-corrected chi connectivity index (χ1v) is 6.39. The summed E-state index contributed by atoms with van der Waals surface area (Å²) < 4.78 is 45.9. The van der Waals surface area contributed by atoms with Gasteiger partial charge in [0.2, 0.25) is 0 Å². The molecule has 2 rings (SSSR count). The summed E-state index contributed by atoms with van der Waals surface area (Å²) in [4.78, 5) is 0. The van der Waals surface area contributed by atoms with Crippen molar-refractivity contribution >= 4 is 15.9 Å². The second kappa shape index (κ2) is 5.85. The van der Waals surface area contributed by atoms with Crippen molar-refractivity contribution in [2.45, 2.75) is 6.10 Å². The van der Waals surface area contributed by atoms with Crippen LogP contribution in [-0.2, 0) is 0 Å². The standard InChI is InChI=1S/C14H10BrF3O2/c1-20-12-3-2-7(15)4-9(12)14(19)13-10(17)5-8(16)6-11(13)18/h2-6,14,19H,1H3. The molecule has 0 aliphatic heterocycles. The highest BCUT2D eigenvalue weighted by atomic mass is 79.9. The van der Waals surface area contributed by atoms with Crippen LogP contribution in [0, 0.1) is 17.5 Å². The zero-order valence-corrected chi connectivity index (χ0v) is 11.9. The molecule has 0 fully saturated rings. The lowest BCUT2D eigenvalue weighted by molar-refractivity contribution is 0.203. The molecule has 1 N–H and O–H groups in total. The molecule has 0 spiro atoms. The van der Waals surface area contributed by atoms with E-state index in [-0.39, 0.29) is 11.3 Å². The van der Waals surface area contributed by atoms with Gasteiger partial charge in [-0.05, 0) is 18.2 Å². The number of methoxy groups -OCH3 is 1. The highest BCUT2D eigenvalue weighted by molar-refractivity contribution is 9.10. The van der Waals surface area contributed by atoms with Gasteiger partial charge in [-0.3, -0.25) is 0 Å². The van der Waals surface area contributed by atoms with Crippen LogP contribution in [0.5, 0.6) is 5.75 Å². The number of aliphatic hydroxyl groups is 1. The number of halogens is 4. The van der Waals surface area contributed by atoms with E-state index < -0.39 is 29.1 Å². The molecule has 1 unspecified atom stereocenters. The number of rotatable bonds is 3.